The lowest BCUT2D eigenvalue weighted by molar-refractivity contribution is 0.249. The zero-order valence-electron chi connectivity index (χ0n) is 17.4. The van der Waals surface area contributed by atoms with Crippen LogP contribution in [0.15, 0.2) is 29.2 Å². The molecule has 0 radical (unpaired) electrons. The molecule has 9 heteroatoms. The van der Waals surface area contributed by atoms with E-state index in [1.807, 2.05) is 12.1 Å². The van der Waals surface area contributed by atoms with Gasteiger partial charge in [0.05, 0.1) is 17.5 Å². The summed E-state index contributed by atoms with van der Waals surface area (Å²) in [5.41, 5.74) is 2.08. The van der Waals surface area contributed by atoms with Gasteiger partial charge in [0.1, 0.15) is 17.5 Å². The van der Waals surface area contributed by atoms with Crippen LogP contribution >= 0.6 is 0 Å². The second-order valence-corrected chi connectivity index (χ2v) is 10.1. The van der Waals surface area contributed by atoms with Gasteiger partial charge in [-0.3, -0.25) is 0 Å². The molecule has 0 spiro atoms. The number of fused-ring (bicyclic) bond motifs is 1. The van der Waals surface area contributed by atoms with Crippen molar-refractivity contribution in [3.8, 4) is 0 Å². The highest BCUT2D eigenvalue weighted by molar-refractivity contribution is 7.89. The third-order valence-electron chi connectivity index (χ3n) is 5.85. The number of benzene rings is 1. The van der Waals surface area contributed by atoms with Crippen LogP contribution in [-0.4, -0.2) is 42.7 Å². The number of aliphatic hydroxyl groups excluding tert-OH is 1. The lowest BCUT2D eigenvalue weighted by atomic mass is 10.00. The topological polar surface area (TPSA) is 121 Å². The van der Waals surface area contributed by atoms with Crippen molar-refractivity contribution in [2.24, 2.45) is 11.1 Å². The second-order valence-electron chi connectivity index (χ2n) is 8.57. The molecule has 2 aliphatic rings. The highest BCUT2D eigenvalue weighted by Gasteiger charge is 2.29. The fraction of sp³-hybridized carbons (Fsp3) is 0.524. The molecule has 1 aliphatic heterocycles. The van der Waals surface area contributed by atoms with Crippen molar-refractivity contribution in [2.75, 3.05) is 23.4 Å². The minimum absolute atomic E-state index is 0.0309. The van der Waals surface area contributed by atoms with Crippen LogP contribution in [0.3, 0.4) is 0 Å². The number of primary sulfonamides is 1. The predicted molar refractivity (Wildman–Crippen MR) is 116 cm³/mol. The SMILES string of the molecule is CC(C)[C@@H](CO)Nc1cc(N2CCc3ccc(S(N)(=O)=O)cc3C2)nc(C2CC2)n1. The standard InChI is InChI=1S/C21H29N5O3S/c1-13(2)18(12-27)23-19-10-20(25-21(24-19)15-3-4-15)26-8-7-14-5-6-17(30(22,28)29)9-16(14)11-26/h5-6,9-10,13,15,18,27H,3-4,7-8,11-12H2,1-2H3,(H2,22,28,29)(H,23,24,25)/t18-/m1/s1. The first-order valence-corrected chi connectivity index (χ1v) is 11.9. The van der Waals surface area contributed by atoms with Crippen molar-refractivity contribution in [3.05, 3.63) is 41.2 Å². The third-order valence-corrected chi connectivity index (χ3v) is 6.76. The van der Waals surface area contributed by atoms with Gasteiger partial charge >= 0.3 is 0 Å². The first-order valence-electron chi connectivity index (χ1n) is 10.4. The van der Waals surface area contributed by atoms with Crippen LogP contribution in [-0.2, 0) is 23.0 Å². The Morgan fingerprint density at radius 3 is 2.63 bits per heavy atom. The van der Waals surface area contributed by atoms with E-state index in [4.69, 9.17) is 15.1 Å². The summed E-state index contributed by atoms with van der Waals surface area (Å²) < 4.78 is 23.5. The maximum atomic E-state index is 11.7. The van der Waals surface area contributed by atoms with E-state index in [0.717, 1.165) is 54.4 Å². The first kappa shape index (κ1) is 21.0. The molecule has 1 aromatic carbocycles. The van der Waals surface area contributed by atoms with Crippen molar-refractivity contribution in [1.29, 1.82) is 0 Å². The van der Waals surface area contributed by atoms with Crippen molar-refractivity contribution < 1.29 is 13.5 Å². The van der Waals surface area contributed by atoms with Crippen LogP contribution < -0.4 is 15.4 Å². The maximum Gasteiger partial charge on any atom is 0.238 e. The van der Waals surface area contributed by atoms with E-state index >= 15 is 0 Å². The van der Waals surface area contributed by atoms with Crippen molar-refractivity contribution in [3.63, 3.8) is 0 Å². The normalized spacial score (nSPS) is 17.7. The van der Waals surface area contributed by atoms with Gasteiger partial charge in [-0.25, -0.2) is 23.5 Å². The van der Waals surface area contributed by atoms with Gasteiger partial charge in [0.15, 0.2) is 0 Å². The number of anilines is 2. The van der Waals surface area contributed by atoms with Crippen molar-refractivity contribution in [1.82, 2.24) is 9.97 Å². The van der Waals surface area contributed by atoms with Crippen molar-refractivity contribution >= 4 is 21.7 Å². The summed E-state index contributed by atoms with van der Waals surface area (Å²) in [5, 5.41) is 18.4. The van der Waals surface area contributed by atoms with Crippen LogP contribution in [0.4, 0.5) is 11.6 Å². The molecule has 0 saturated heterocycles. The lowest BCUT2D eigenvalue weighted by Crippen LogP contribution is -2.33. The molecule has 2 aromatic rings. The Hall–Kier alpha value is -2.23. The van der Waals surface area contributed by atoms with Gasteiger partial charge in [-0.2, -0.15) is 0 Å². The van der Waals surface area contributed by atoms with Gasteiger partial charge in [0.25, 0.3) is 0 Å². The Bertz CT molecular complexity index is 1040. The molecule has 1 saturated carbocycles. The molecule has 2 heterocycles. The highest BCUT2D eigenvalue weighted by Crippen LogP contribution is 2.39. The molecule has 1 aromatic heterocycles. The van der Waals surface area contributed by atoms with Gasteiger partial charge in [0.2, 0.25) is 10.0 Å². The Labute approximate surface area is 177 Å². The number of aromatic nitrogens is 2. The van der Waals surface area contributed by atoms with E-state index in [0.29, 0.717) is 12.5 Å². The molecule has 162 valence electrons. The second kappa shape index (κ2) is 8.13. The molecule has 1 atom stereocenters. The highest BCUT2D eigenvalue weighted by atomic mass is 32.2. The van der Waals surface area contributed by atoms with Gasteiger partial charge < -0.3 is 15.3 Å². The molecule has 0 bridgehead atoms. The van der Waals surface area contributed by atoms with Gasteiger partial charge in [0, 0.05) is 25.1 Å². The summed E-state index contributed by atoms with van der Waals surface area (Å²) in [5.74, 6) is 3.03. The Kier molecular flexibility index (Phi) is 5.69. The van der Waals surface area contributed by atoms with E-state index in [9.17, 15) is 13.5 Å². The summed E-state index contributed by atoms with van der Waals surface area (Å²) in [6, 6.07) is 6.93. The smallest absolute Gasteiger partial charge is 0.238 e. The average molecular weight is 432 g/mol. The number of nitrogens with zero attached hydrogens (tertiary/aromatic N) is 3. The third kappa shape index (κ3) is 4.58. The summed E-state index contributed by atoms with van der Waals surface area (Å²) in [7, 11) is -3.74. The molecule has 30 heavy (non-hydrogen) atoms. The molecule has 0 amide bonds. The molecule has 4 rings (SSSR count). The quantitative estimate of drug-likeness (QED) is 0.613. The molecule has 0 unspecified atom stereocenters. The van der Waals surface area contributed by atoms with E-state index < -0.39 is 10.0 Å². The van der Waals surface area contributed by atoms with Gasteiger partial charge in [-0.15, -0.1) is 0 Å². The Balaban J connectivity index is 1.64. The summed E-state index contributed by atoms with van der Waals surface area (Å²) in [4.78, 5) is 11.8. The molecule has 8 nitrogen and oxygen atoms in total. The van der Waals surface area contributed by atoms with Crippen LogP contribution in [0.5, 0.6) is 0 Å². The van der Waals surface area contributed by atoms with Gasteiger partial charge in [-0.1, -0.05) is 19.9 Å². The Morgan fingerprint density at radius 2 is 2.00 bits per heavy atom. The largest absolute Gasteiger partial charge is 0.394 e. The molecular weight excluding hydrogens is 402 g/mol. The number of hydrogen-bond donors (Lipinski definition) is 3. The molecule has 1 aliphatic carbocycles. The zero-order chi connectivity index (χ0) is 21.5. The summed E-state index contributed by atoms with van der Waals surface area (Å²) >= 11 is 0. The lowest BCUT2D eigenvalue weighted by Gasteiger charge is -2.31. The summed E-state index contributed by atoms with van der Waals surface area (Å²) in [6.07, 6.45) is 2.99. The number of nitrogens with two attached hydrogens (primary N) is 1. The molecule has 1 fully saturated rings. The fourth-order valence-electron chi connectivity index (χ4n) is 3.73. The zero-order valence-corrected chi connectivity index (χ0v) is 18.2. The number of rotatable bonds is 7. The predicted octanol–water partition coefficient (Wildman–Crippen LogP) is 1.99. The Morgan fingerprint density at radius 1 is 1.23 bits per heavy atom. The molecular formula is C21H29N5O3S. The number of sulfonamides is 1. The summed E-state index contributed by atoms with van der Waals surface area (Å²) in [6.45, 7) is 5.50. The monoisotopic (exact) mass is 431 g/mol. The van der Waals surface area contributed by atoms with Crippen LogP contribution in [0.2, 0.25) is 0 Å². The van der Waals surface area contributed by atoms with Crippen molar-refractivity contribution in [2.45, 2.75) is 56.5 Å². The van der Waals surface area contributed by atoms with E-state index in [1.165, 1.54) is 0 Å². The first-order chi connectivity index (χ1) is 14.2. The fourth-order valence-corrected chi connectivity index (χ4v) is 4.30. The van der Waals surface area contributed by atoms with Crippen LogP contribution in [0.25, 0.3) is 0 Å². The average Bonchev–Trinajstić information content (AvgIpc) is 3.55. The minimum atomic E-state index is -3.74. The maximum absolute atomic E-state index is 11.7. The molecule has 4 N–H and O–H groups in total. The van der Waals surface area contributed by atoms with Crippen LogP contribution in [0.1, 0.15) is 49.6 Å². The minimum Gasteiger partial charge on any atom is -0.394 e. The number of nitrogens with one attached hydrogen (secondary N) is 1. The van der Waals surface area contributed by atoms with Gasteiger partial charge in [-0.05, 0) is 48.4 Å². The van der Waals surface area contributed by atoms with E-state index in [-0.39, 0.29) is 23.5 Å². The number of hydrogen-bond acceptors (Lipinski definition) is 7. The van der Waals surface area contributed by atoms with E-state index in [2.05, 4.69) is 24.1 Å². The number of aliphatic hydroxyl groups is 1. The van der Waals surface area contributed by atoms with Crippen LogP contribution in [0, 0.1) is 5.92 Å². The van der Waals surface area contributed by atoms with E-state index in [1.54, 1.807) is 12.1 Å².